The molecule has 0 atom stereocenters. The lowest BCUT2D eigenvalue weighted by atomic mass is 10.2. The lowest BCUT2D eigenvalue weighted by Gasteiger charge is -2.09. The third-order valence-corrected chi connectivity index (χ3v) is 3.94. The van der Waals surface area contributed by atoms with Crippen molar-refractivity contribution >= 4 is 10.9 Å². The van der Waals surface area contributed by atoms with Crippen LogP contribution in [-0.4, -0.2) is 16.7 Å². The lowest BCUT2D eigenvalue weighted by Crippen LogP contribution is -1.99. The van der Waals surface area contributed by atoms with Crippen molar-refractivity contribution in [1.82, 2.24) is 9.55 Å². The second kappa shape index (κ2) is 5.65. The number of nitrogens with zero attached hydrogens (tertiary/aromatic N) is 2. The maximum atomic E-state index is 5.54. The molecule has 0 aliphatic carbocycles. The first-order valence-corrected chi connectivity index (χ1v) is 7.46. The Kier molecular flexibility index (Phi) is 3.35. The number of pyridine rings is 1. The molecule has 3 heterocycles. The molecule has 0 N–H and O–H groups in total. The van der Waals surface area contributed by atoms with Gasteiger partial charge in [0.05, 0.1) is 18.9 Å². The molecule has 0 bridgehead atoms. The number of fused-ring (bicyclic) bond motifs is 1. The van der Waals surface area contributed by atoms with Gasteiger partial charge in [0.1, 0.15) is 11.4 Å². The van der Waals surface area contributed by atoms with E-state index in [9.17, 15) is 0 Å². The van der Waals surface area contributed by atoms with Crippen LogP contribution in [0.25, 0.3) is 22.4 Å². The molecule has 0 saturated carbocycles. The van der Waals surface area contributed by atoms with Gasteiger partial charge in [-0.15, -0.1) is 0 Å². The minimum Gasteiger partial charge on any atom is -0.497 e. The Morgan fingerprint density at radius 2 is 1.96 bits per heavy atom. The van der Waals surface area contributed by atoms with E-state index in [1.807, 2.05) is 36.5 Å². The van der Waals surface area contributed by atoms with Gasteiger partial charge in [-0.1, -0.05) is 12.1 Å². The average Bonchev–Trinajstić information content (AvgIpc) is 3.26. The third kappa shape index (κ3) is 2.48. The normalized spacial score (nSPS) is 11.0. The highest BCUT2D eigenvalue weighted by molar-refractivity contribution is 5.91. The van der Waals surface area contributed by atoms with Gasteiger partial charge in [0.15, 0.2) is 5.76 Å². The Morgan fingerprint density at radius 3 is 2.70 bits per heavy atom. The Morgan fingerprint density at radius 1 is 1.09 bits per heavy atom. The highest BCUT2D eigenvalue weighted by Crippen LogP contribution is 2.28. The van der Waals surface area contributed by atoms with Crippen LogP contribution in [0.4, 0.5) is 0 Å². The molecular formula is C19H16N2O2. The van der Waals surface area contributed by atoms with E-state index in [0.717, 1.165) is 34.7 Å². The first-order valence-electron chi connectivity index (χ1n) is 7.46. The van der Waals surface area contributed by atoms with Crippen LogP contribution in [0.15, 0.2) is 71.6 Å². The van der Waals surface area contributed by atoms with Gasteiger partial charge in [0.2, 0.25) is 0 Å². The summed E-state index contributed by atoms with van der Waals surface area (Å²) in [4.78, 5) is 4.52. The number of rotatable bonds is 4. The zero-order chi connectivity index (χ0) is 15.6. The van der Waals surface area contributed by atoms with Crippen LogP contribution in [-0.2, 0) is 6.54 Å². The second-order valence-corrected chi connectivity index (χ2v) is 5.37. The van der Waals surface area contributed by atoms with Crippen molar-refractivity contribution < 1.29 is 9.15 Å². The monoisotopic (exact) mass is 304 g/mol. The number of methoxy groups -OCH3 is 1. The molecule has 4 rings (SSSR count). The van der Waals surface area contributed by atoms with Crippen molar-refractivity contribution in [3.05, 3.63) is 72.8 Å². The number of aromatic nitrogens is 2. The topological polar surface area (TPSA) is 40.2 Å². The average molecular weight is 304 g/mol. The first kappa shape index (κ1) is 13.6. The van der Waals surface area contributed by atoms with Crippen LogP contribution in [0, 0.1) is 0 Å². The molecule has 23 heavy (non-hydrogen) atoms. The van der Waals surface area contributed by atoms with Crippen LogP contribution in [0.5, 0.6) is 5.75 Å². The number of hydrogen-bond donors (Lipinski definition) is 0. The van der Waals surface area contributed by atoms with E-state index in [-0.39, 0.29) is 0 Å². The molecule has 0 fully saturated rings. The molecule has 0 saturated heterocycles. The number of benzene rings is 1. The van der Waals surface area contributed by atoms with Crippen LogP contribution in [0.2, 0.25) is 0 Å². The summed E-state index contributed by atoms with van der Waals surface area (Å²) in [6.07, 6.45) is 5.58. The Labute approximate surface area is 134 Å². The van der Waals surface area contributed by atoms with E-state index in [4.69, 9.17) is 9.15 Å². The molecule has 4 nitrogen and oxygen atoms in total. The van der Waals surface area contributed by atoms with Gasteiger partial charge in [-0.2, -0.15) is 0 Å². The summed E-state index contributed by atoms with van der Waals surface area (Å²) in [7, 11) is 1.68. The van der Waals surface area contributed by atoms with Gasteiger partial charge in [0.25, 0.3) is 0 Å². The minimum atomic E-state index is 0.771. The molecule has 0 unspecified atom stereocenters. The predicted molar refractivity (Wildman–Crippen MR) is 89.5 cm³/mol. The number of furan rings is 1. The van der Waals surface area contributed by atoms with E-state index >= 15 is 0 Å². The summed E-state index contributed by atoms with van der Waals surface area (Å²) in [5.74, 6) is 1.65. The predicted octanol–water partition coefficient (Wildman–Crippen LogP) is 4.35. The fourth-order valence-corrected chi connectivity index (χ4v) is 2.80. The molecule has 0 aliphatic heterocycles. The van der Waals surface area contributed by atoms with Crippen molar-refractivity contribution in [2.45, 2.75) is 6.54 Å². The summed E-state index contributed by atoms with van der Waals surface area (Å²) >= 11 is 0. The fraction of sp³-hybridized carbons (Fsp3) is 0.105. The summed E-state index contributed by atoms with van der Waals surface area (Å²) in [5, 5.41) is 1.15. The largest absolute Gasteiger partial charge is 0.497 e. The van der Waals surface area contributed by atoms with Gasteiger partial charge in [0, 0.05) is 24.3 Å². The van der Waals surface area contributed by atoms with Crippen LogP contribution < -0.4 is 4.74 Å². The van der Waals surface area contributed by atoms with E-state index in [1.54, 1.807) is 13.4 Å². The molecule has 4 heteroatoms. The smallest absolute Gasteiger partial charge is 0.154 e. The zero-order valence-corrected chi connectivity index (χ0v) is 12.8. The van der Waals surface area contributed by atoms with Crippen molar-refractivity contribution in [3.63, 3.8) is 0 Å². The van der Waals surface area contributed by atoms with Crippen molar-refractivity contribution in [2.24, 2.45) is 0 Å². The molecule has 0 amide bonds. The zero-order valence-electron chi connectivity index (χ0n) is 12.8. The summed E-state index contributed by atoms with van der Waals surface area (Å²) < 4.78 is 13.0. The Bertz CT molecular complexity index is 922. The van der Waals surface area contributed by atoms with Gasteiger partial charge in [-0.3, -0.25) is 4.98 Å². The summed E-state index contributed by atoms with van der Waals surface area (Å²) in [6.45, 7) is 0.771. The molecule has 114 valence electrons. The number of hydrogen-bond acceptors (Lipinski definition) is 3. The standard InChI is InChI=1S/C19H16N2O2/c1-22-16-6-4-14(5-7-16)13-21-11-9-15-8-10-20-18(19(15)21)17-3-2-12-23-17/h2-12H,13H2,1H3. The molecule has 1 aromatic carbocycles. The molecule has 4 aromatic rings. The molecule has 0 aliphatic rings. The molecule has 3 aromatic heterocycles. The SMILES string of the molecule is COc1ccc(Cn2ccc3ccnc(-c4ccco4)c32)cc1. The van der Waals surface area contributed by atoms with E-state index in [2.05, 4.69) is 33.9 Å². The van der Waals surface area contributed by atoms with Gasteiger partial charge in [-0.05, 0) is 42.0 Å². The van der Waals surface area contributed by atoms with Crippen molar-refractivity contribution in [3.8, 4) is 17.2 Å². The second-order valence-electron chi connectivity index (χ2n) is 5.37. The van der Waals surface area contributed by atoms with Crippen molar-refractivity contribution in [1.29, 1.82) is 0 Å². The lowest BCUT2D eigenvalue weighted by molar-refractivity contribution is 0.414. The van der Waals surface area contributed by atoms with Gasteiger partial charge < -0.3 is 13.7 Å². The quantitative estimate of drug-likeness (QED) is 0.562. The first-order chi connectivity index (χ1) is 11.3. The highest BCUT2D eigenvalue weighted by atomic mass is 16.5. The fourth-order valence-electron chi connectivity index (χ4n) is 2.80. The van der Waals surface area contributed by atoms with Crippen LogP contribution in [0.3, 0.4) is 0 Å². The Balaban J connectivity index is 1.78. The Hall–Kier alpha value is -3.01. The van der Waals surface area contributed by atoms with E-state index in [0.29, 0.717) is 0 Å². The van der Waals surface area contributed by atoms with E-state index in [1.165, 1.54) is 5.56 Å². The maximum absolute atomic E-state index is 5.54. The maximum Gasteiger partial charge on any atom is 0.154 e. The van der Waals surface area contributed by atoms with Gasteiger partial charge in [-0.25, -0.2) is 0 Å². The highest BCUT2D eigenvalue weighted by Gasteiger charge is 2.12. The molecule has 0 radical (unpaired) electrons. The van der Waals surface area contributed by atoms with Crippen LogP contribution >= 0.6 is 0 Å². The number of ether oxygens (including phenoxy) is 1. The molecular weight excluding hydrogens is 288 g/mol. The summed E-state index contributed by atoms with van der Waals surface area (Å²) in [5.41, 5.74) is 3.15. The summed E-state index contributed by atoms with van der Waals surface area (Å²) in [6, 6.07) is 16.1. The third-order valence-electron chi connectivity index (χ3n) is 3.94. The minimum absolute atomic E-state index is 0.771. The van der Waals surface area contributed by atoms with Crippen LogP contribution in [0.1, 0.15) is 5.56 Å². The van der Waals surface area contributed by atoms with Gasteiger partial charge >= 0.3 is 0 Å². The molecule has 0 spiro atoms. The van der Waals surface area contributed by atoms with E-state index < -0.39 is 0 Å². The van der Waals surface area contributed by atoms with Crippen molar-refractivity contribution in [2.75, 3.05) is 7.11 Å².